The molecule has 2 N–H and O–H groups in total. The molecule has 1 amide bonds. The monoisotopic (exact) mass is 540 g/mol. The molecule has 2 aromatic carbocycles. The first-order valence-electron chi connectivity index (χ1n) is 11.4. The van der Waals surface area contributed by atoms with Gasteiger partial charge < -0.3 is 20.3 Å². The quantitative estimate of drug-likeness (QED) is 0.390. The molecule has 0 bridgehead atoms. The Morgan fingerprint density at radius 1 is 0.974 bits per heavy atom. The molecule has 0 unspecified atom stereocenters. The molecule has 2 heterocycles. The number of aromatic nitrogens is 3. The summed E-state index contributed by atoms with van der Waals surface area (Å²) in [6.07, 6.45) is -8.65. The van der Waals surface area contributed by atoms with Crippen LogP contribution in [0.25, 0.3) is 0 Å². The molecule has 1 aliphatic heterocycles. The number of hydrogen-bond donors (Lipinski definition) is 2. The number of nitrogens with zero attached hydrogens (tertiary/aromatic N) is 4. The Labute approximate surface area is 213 Å². The number of nitrogens with one attached hydrogen (secondary N) is 2. The predicted octanol–water partition coefficient (Wildman–Crippen LogP) is 5.66. The predicted molar refractivity (Wildman–Crippen MR) is 126 cm³/mol. The highest BCUT2D eigenvalue weighted by molar-refractivity contribution is 5.89. The summed E-state index contributed by atoms with van der Waals surface area (Å²) >= 11 is 0. The number of alkyl halides is 6. The molecule has 8 nitrogen and oxygen atoms in total. The minimum atomic E-state index is -5.01. The van der Waals surface area contributed by atoms with E-state index in [4.69, 9.17) is 4.74 Å². The number of carbonyl (C=O) groups excluding carboxylic acids is 1. The molecular weight excluding hydrogens is 518 g/mol. The van der Waals surface area contributed by atoms with Crippen LogP contribution >= 0.6 is 0 Å². The lowest BCUT2D eigenvalue weighted by Gasteiger charge is -2.32. The summed E-state index contributed by atoms with van der Waals surface area (Å²) in [5.74, 6) is -0.278. The molecule has 0 spiro atoms. The SMILES string of the molecule is CC(=O)Nc1cccc(Nc2ncnc(N3CCC(Oc4ccc(C(F)(F)F)cc4C(F)(F)F)CC3)n2)c1. The van der Waals surface area contributed by atoms with Gasteiger partial charge in [0.1, 0.15) is 18.2 Å². The van der Waals surface area contributed by atoms with Gasteiger partial charge in [-0.3, -0.25) is 4.79 Å². The second-order valence-electron chi connectivity index (χ2n) is 8.51. The zero-order valence-corrected chi connectivity index (χ0v) is 19.9. The summed E-state index contributed by atoms with van der Waals surface area (Å²) < 4.78 is 84.5. The van der Waals surface area contributed by atoms with Gasteiger partial charge in [-0.05, 0) is 36.4 Å². The lowest BCUT2D eigenvalue weighted by atomic mass is 10.1. The van der Waals surface area contributed by atoms with Crippen molar-refractivity contribution in [3.63, 3.8) is 0 Å². The van der Waals surface area contributed by atoms with Crippen LogP contribution in [-0.4, -0.2) is 40.1 Å². The van der Waals surface area contributed by atoms with E-state index in [1.807, 2.05) is 0 Å². The summed E-state index contributed by atoms with van der Waals surface area (Å²) in [5, 5.41) is 5.69. The summed E-state index contributed by atoms with van der Waals surface area (Å²) in [4.78, 5) is 25.7. The van der Waals surface area contributed by atoms with Crippen LogP contribution in [0, 0.1) is 0 Å². The molecule has 0 aliphatic carbocycles. The fraction of sp³-hybridized carbons (Fsp3) is 0.333. The fourth-order valence-electron chi connectivity index (χ4n) is 3.89. The van der Waals surface area contributed by atoms with Gasteiger partial charge in [0, 0.05) is 44.2 Å². The van der Waals surface area contributed by atoms with Crippen molar-refractivity contribution in [3.05, 3.63) is 59.9 Å². The molecule has 0 atom stereocenters. The van der Waals surface area contributed by atoms with Gasteiger partial charge in [-0.25, -0.2) is 9.97 Å². The average molecular weight is 540 g/mol. The van der Waals surface area contributed by atoms with E-state index in [1.165, 1.54) is 13.3 Å². The first kappa shape index (κ1) is 26.9. The van der Waals surface area contributed by atoms with Crippen LogP contribution in [0.4, 0.5) is 49.6 Å². The van der Waals surface area contributed by atoms with E-state index in [0.29, 0.717) is 55.4 Å². The van der Waals surface area contributed by atoms with Crippen molar-refractivity contribution in [1.82, 2.24) is 15.0 Å². The Balaban J connectivity index is 1.40. The minimum Gasteiger partial charge on any atom is -0.490 e. The maximum absolute atomic E-state index is 13.4. The lowest BCUT2D eigenvalue weighted by Crippen LogP contribution is -2.39. The number of carbonyl (C=O) groups is 1. The highest BCUT2D eigenvalue weighted by Crippen LogP contribution is 2.41. The standard InChI is InChI=1S/C24H22F6N6O2/c1-14(37)33-16-3-2-4-17(12-16)34-21-31-13-32-22(35-21)36-9-7-18(8-10-36)38-20-6-5-15(23(25,26)27)11-19(20)24(28,29)30/h2-6,11-13,18H,7-10H2,1H3,(H,33,37)(H,31,32,34,35). The summed E-state index contributed by atoms with van der Waals surface area (Å²) in [5.41, 5.74) is -1.66. The van der Waals surface area contributed by atoms with E-state index in [-0.39, 0.29) is 17.9 Å². The van der Waals surface area contributed by atoms with Crippen LogP contribution in [0.5, 0.6) is 5.75 Å². The largest absolute Gasteiger partial charge is 0.490 e. The Morgan fingerprint density at radius 2 is 1.68 bits per heavy atom. The molecule has 1 aromatic heterocycles. The van der Waals surface area contributed by atoms with E-state index in [1.54, 1.807) is 29.2 Å². The third-order valence-electron chi connectivity index (χ3n) is 5.63. The van der Waals surface area contributed by atoms with Crippen molar-refractivity contribution >= 4 is 29.2 Å². The zero-order chi connectivity index (χ0) is 27.5. The van der Waals surface area contributed by atoms with E-state index < -0.39 is 35.3 Å². The maximum Gasteiger partial charge on any atom is 0.419 e. The number of ether oxygens (including phenoxy) is 1. The number of hydrogen-bond acceptors (Lipinski definition) is 7. The van der Waals surface area contributed by atoms with Gasteiger partial charge in [0.25, 0.3) is 0 Å². The van der Waals surface area contributed by atoms with Crippen LogP contribution in [0.2, 0.25) is 0 Å². The molecule has 1 aliphatic rings. The molecule has 1 fully saturated rings. The first-order chi connectivity index (χ1) is 17.9. The smallest absolute Gasteiger partial charge is 0.419 e. The van der Waals surface area contributed by atoms with Crippen LogP contribution < -0.4 is 20.3 Å². The Kier molecular flexibility index (Phi) is 7.60. The number of benzene rings is 2. The molecule has 0 saturated carbocycles. The number of rotatable bonds is 6. The number of piperidine rings is 1. The number of halogens is 6. The molecule has 3 aromatic rings. The van der Waals surface area contributed by atoms with Crippen LogP contribution in [0.3, 0.4) is 0 Å². The lowest BCUT2D eigenvalue weighted by molar-refractivity contribution is -0.144. The molecule has 202 valence electrons. The second kappa shape index (κ2) is 10.7. The molecular formula is C24H22F6N6O2. The van der Waals surface area contributed by atoms with Crippen LogP contribution in [0.15, 0.2) is 48.8 Å². The fourth-order valence-corrected chi connectivity index (χ4v) is 3.89. The molecule has 38 heavy (non-hydrogen) atoms. The molecule has 14 heteroatoms. The summed E-state index contributed by atoms with van der Waals surface area (Å²) in [6.45, 7) is 2.08. The first-order valence-corrected chi connectivity index (χ1v) is 11.4. The average Bonchev–Trinajstić information content (AvgIpc) is 2.83. The topological polar surface area (TPSA) is 92.3 Å². The van der Waals surface area contributed by atoms with Crippen molar-refractivity contribution in [2.45, 2.75) is 38.2 Å². The Hall–Kier alpha value is -4.10. The van der Waals surface area contributed by atoms with E-state index in [2.05, 4.69) is 25.6 Å². The van der Waals surface area contributed by atoms with Crippen molar-refractivity contribution in [1.29, 1.82) is 0 Å². The summed E-state index contributed by atoms with van der Waals surface area (Å²) in [6, 6.07) is 8.27. The van der Waals surface area contributed by atoms with Gasteiger partial charge in [0.05, 0.1) is 11.1 Å². The Bertz CT molecular complexity index is 1290. The highest BCUT2D eigenvalue weighted by Gasteiger charge is 2.39. The number of anilines is 4. The van der Waals surface area contributed by atoms with Gasteiger partial charge in [0.2, 0.25) is 17.8 Å². The summed E-state index contributed by atoms with van der Waals surface area (Å²) in [7, 11) is 0. The van der Waals surface area contributed by atoms with Gasteiger partial charge in [-0.15, -0.1) is 0 Å². The van der Waals surface area contributed by atoms with E-state index in [9.17, 15) is 31.1 Å². The van der Waals surface area contributed by atoms with Crippen LogP contribution in [0.1, 0.15) is 30.9 Å². The van der Waals surface area contributed by atoms with Crippen LogP contribution in [-0.2, 0) is 17.1 Å². The molecule has 1 saturated heterocycles. The highest BCUT2D eigenvalue weighted by atomic mass is 19.4. The molecule has 0 radical (unpaired) electrons. The Morgan fingerprint density at radius 3 is 2.34 bits per heavy atom. The van der Waals surface area contributed by atoms with Gasteiger partial charge >= 0.3 is 12.4 Å². The minimum absolute atomic E-state index is 0.0651. The van der Waals surface area contributed by atoms with Gasteiger partial charge in [-0.1, -0.05) is 6.07 Å². The third kappa shape index (κ3) is 6.81. The van der Waals surface area contributed by atoms with Crippen molar-refractivity contribution < 1.29 is 35.9 Å². The second-order valence-corrected chi connectivity index (χ2v) is 8.51. The zero-order valence-electron chi connectivity index (χ0n) is 19.9. The maximum atomic E-state index is 13.4. The van der Waals surface area contributed by atoms with Gasteiger partial charge in [0.15, 0.2) is 0 Å². The normalized spacial score (nSPS) is 14.8. The third-order valence-corrected chi connectivity index (χ3v) is 5.63. The van der Waals surface area contributed by atoms with Gasteiger partial charge in [-0.2, -0.15) is 31.3 Å². The van der Waals surface area contributed by atoms with Crippen molar-refractivity contribution in [3.8, 4) is 5.75 Å². The van der Waals surface area contributed by atoms with Crippen molar-refractivity contribution in [2.75, 3.05) is 28.6 Å². The van der Waals surface area contributed by atoms with E-state index in [0.717, 1.165) is 0 Å². The van der Waals surface area contributed by atoms with E-state index >= 15 is 0 Å². The molecule has 4 rings (SSSR count). The van der Waals surface area contributed by atoms with Crippen molar-refractivity contribution in [2.24, 2.45) is 0 Å². The number of amides is 1.